The molecule has 2 aromatic carbocycles. The lowest BCUT2D eigenvalue weighted by molar-refractivity contribution is -0.0544. The number of carbonyl (C=O) groups excluding carboxylic acids is 1. The van der Waals surface area contributed by atoms with E-state index in [1.165, 1.54) is 7.11 Å². The molecule has 30 heavy (non-hydrogen) atoms. The Balaban J connectivity index is 1.80. The lowest BCUT2D eigenvalue weighted by Crippen LogP contribution is -2.46. The van der Waals surface area contributed by atoms with Gasteiger partial charge in [0.15, 0.2) is 0 Å². The maximum absolute atomic E-state index is 11.8. The van der Waals surface area contributed by atoms with Gasteiger partial charge < -0.3 is 19.3 Å². The van der Waals surface area contributed by atoms with Crippen LogP contribution in [-0.4, -0.2) is 55.9 Å². The fourth-order valence-electron chi connectivity index (χ4n) is 4.61. The van der Waals surface area contributed by atoms with Crippen LogP contribution in [0, 0.1) is 0 Å². The zero-order chi connectivity index (χ0) is 21.3. The number of benzene rings is 2. The highest BCUT2D eigenvalue weighted by molar-refractivity contribution is 6.15. The van der Waals surface area contributed by atoms with Crippen LogP contribution in [0.3, 0.4) is 0 Å². The average Bonchev–Trinajstić information content (AvgIpc) is 2.78. The molecule has 6 heteroatoms. The van der Waals surface area contributed by atoms with Gasteiger partial charge in [0, 0.05) is 24.2 Å². The molecule has 0 radical (unpaired) electrons. The van der Waals surface area contributed by atoms with E-state index in [9.17, 15) is 9.90 Å². The lowest BCUT2D eigenvalue weighted by Gasteiger charge is -2.42. The van der Waals surface area contributed by atoms with Crippen LogP contribution in [0.4, 0.5) is 0 Å². The van der Waals surface area contributed by atoms with E-state index >= 15 is 0 Å². The molecule has 4 unspecified atom stereocenters. The summed E-state index contributed by atoms with van der Waals surface area (Å²) in [7, 11) is 3.02. The first-order valence-corrected chi connectivity index (χ1v) is 10.3. The zero-order valence-corrected chi connectivity index (χ0v) is 17.5. The van der Waals surface area contributed by atoms with E-state index in [-0.39, 0.29) is 24.0 Å². The van der Waals surface area contributed by atoms with Crippen molar-refractivity contribution in [3.05, 3.63) is 64.7 Å². The third-order valence-electron chi connectivity index (χ3n) is 6.00. The Labute approximate surface area is 176 Å². The van der Waals surface area contributed by atoms with Gasteiger partial charge >= 0.3 is 5.97 Å². The number of rotatable bonds is 5. The van der Waals surface area contributed by atoms with Crippen LogP contribution < -0.4 is 4.74 Å². The van der Waals surface area contributed by atoms with Crippen LogP contribution in [0.2, 0.25) is 0 Å². The number of hydrogen-bond donors (Lipinski definition) is 1. The maximum atomic E-state index is 11.8. The van der Waals surface area contributed by atoms with Crippen LogP contribution in [-0.2, 0) is 9.47 Å². The molecule has 0 amide bonds. The zero-order valence-electron chi connectivity index (χ0n) is 17.5. The van der Waals surface area contributed by atoms with Crippen molar-refractivity contribution in [3.8, 4) is 5.75 Å². The highest BCUT2D eigenvalue weighted by Gasteiger charge is 2.43. The minimum atomic E-state index is -0.518. The fraction of sp³-hybridized carbons (Fsp3) is 0.417. The van der Waals surface area contributed by atoms with Crippen molar-refractivity contribution >= 4 is 11.7 Å². The number of hydrogen-bond acceptors (Lipinski definition) is 6. The Morgan fingerprint density at radius 1 is 1.13 bits per heavy atom. The van der Waals surface area contributed by atoms with Crippen molar-refractivity contribution in [3.63, 3.8) is 0 Å². The Kier molecular flexibility index (Phi) is 5.88. The molecule has 1 saturated carbocycles. The quantitative estimate of drug-likeness (QED) is 0.767. The van der Waals surface area contributed by atoms with Crippen LogP contribution in [0.25, 0.3) is 0 Å². The molecule has 1 heterocycles. The number of aliphatic hydroxyl groups is 1. The van der Waals surface area contributed by atoms with Gasteiger partial charge in [-0.15, -0.1) is 0 Å². The number of methoxy groups -OCH3 is 2. The molecule has 1 aliphatic carbocycles. The number of fused-ring (bicyclic) bond motifs is 3. The van der Waals surface area contributed by atoms with E-state index in [1.54, 1.807) is 19.2 Å². The molecule has 0 aromatic heterocycles. The summed E-state index contributed by atoms with van der Waals surface area (Å²) in [6, 6.07) is 13.4. The molecule has 4 rings (SSSR count). The molecular weight excluding hydrogens is 382 g/mol. The molecule has 0 spiro atoms. The summed E-state index contributed by atoms with van der Waals surface area (Å²) >= 11 is 0. The first kappa shape index (κ1) is 20.6. The monoisotopic (exact) mass is 409 g/mol. The van der Waals surface area contributed by atoms with E-state index in [0.29, 0.717) is 18.6 Å². The van der Waals surface area contributed by atoms with Crippen LogP contribution in [0.1, 0.15) is 52.7 Å². The number of aliphatic imine (C=N–C) groups is 1. The van der Waals surface area contributed by atoms with Gasteiger partial charge in [0.1, 0.15) is 5.75 Å². The van der Waals surface area contributed by atoms with Crippen molar-refractivity contribution in [2.24, 2.45) is 4.99 Å². The fourth-order valence-corrected chi connectivity index (χ4v) is 4.61. The van der Waals surface area contributed by atoms with Gasteiger partial charge in [-0.3, -0.25) is 4.99 Å². The van der Waals surface area contributed by atoms with E-state index < -0.39 is 6.10 Å². The summed E-state index contributed by atoms with van der Waals surface area (Å²) in [6.45, 7) is 2.54. The second-order valence-electron chi connectivity index (χ2n) is 7.67. The standard InChI is InChI=1S/C24H27NO5/c1-4-30-16-9-10-17-18(13-16)21-19(11-12-20(26)23(21)28-2)25-22(17)14-5-7-15(8-6-14)24(27)29-3/h5-10,13,19-21,23,26H,4,11-12H2,1-3H3. The van der Waals surface area contributed by atoms with Gasteiger partial charge in [0.2, 0.25) is 0 Å². The summed E-state index contributed by atoms with van der Waals surface area (Å²) in [5, 5.41) is 10.5. The van der Waals surface area contributed by atoms with Gasteiger partial charge in [0.25, 0.3) is 0 Å². The van der Waals surface area contributed by atoms with Crippen molar-refractivity contribution in [1.82, 2.24) is 0 Å². The molecule has 1 fully saturated rings. The highest BCUT2D eigenvalue weighted by atomic mass is 16.5. The summed E-state index contributed by atoms with van der Waals surface area (Å²) in [5.74, 6) is 0.401. The molecule has 158 valence electrons. The van der Waals surface area contributed by atoms with Crippen LogP contribution >= 0.6 is 0 Å². The minimum Gasteiger partial charge on any atom is -0.494 e. The topological polar surface area (TPSA) is 77.4 Å². The molecule has 1 aliphatic heterocycles. The van der Waals surface area contributed by atoms with Gasteiger partial charge in [0.05, 0.1) is 43.2 Å². The summed E-state index contributed by atoms with van der Waals surface area (Å²) in [5.41, 5.74) is 4.41. The molecule has 0 bridgehead atoms. The highest BCUT2D eigenvalue weighted by Crippen LogP contribution is 2.43. The average molecular weight is 409 g/mol. The van der Waals surface area contributed by atoms with Crippen molar-refractivity contribution < 1.29 is 24.1 Å². The molecule has 0 saturated heterocycles. The lowest BCUT2D eigenvalue weighted by atomic mass is 9.72. The van der Waals surface area contributed by atoms with Gasteiger partial charge in [-0.25, -0.2) is 4.79 Å². The maximum Gasteiger partial charge on any atom is 0.337 e. The second kappa shape index (κ2) is 8.58. The minimum absolute atomic E-state index is 0.0120. The van der Waals surface area contributed by atoms with E-state index in [0.717, 1.165) is 34.6 Å². The number of carbonyl (C=O) groups is 1. The summed E-state index contributed by atoms with van der Waals surface area (Å²) < 4.78 is 16.3. The van der Waals surface area contributed by atoms with Crippen LogP contribution in [0.5, 0.6) is 5.75 Å². The van der Waals surface area contributed by atoms with Crippen LogP contribution in [0.15, 0.2) is 47.5 Å². The van der Waals surface area contributed by atoms with E-state index in [4.69, 9.17) is 19.2 Å². The normalized spacial score (nSPS) is 25.0. The van der Waals surface area contributed by atoms with Gasteiger partial charge in [-0.05, 0) is 55.7 Å². The first-order valence-electron chi connectivity index (χ1n) is 10.3. The van der Waals surface area contributed by atoms with Gasteiger partial charge in [-0.2, -0.15) is 0 Å². The number of aliphatic hydroxyl groups excluding tert-OH is 1. The van der Waals surface area contributed by atoms with E-state index in [2.05, 4.69) is 6.07 Å². The Bertz CT molecular complexity index is 953. The molecule has 4 atom stereocenters. The Hall–Kier alpha value is -2.70. The third-order valence-corrected chi connectivity index (χ3v) is 6.00. The smallest absolute Gasteiger partial charge is 0.337 e. The van der Waals surface area contributed by atoms with Crippen molar-refractivity contribution in [1.29, 1.82) is 0 Å². The summed E-state index contributed by atoms with van der Waals surface area (Å²) in [4.78, 5) is 16.9. The summed E-state index contributed by atoms with van der Waals surface area (Å²) in [6.07, 6.45) is 0.605. The number of ether oxygens (including phenoxy) is 3. The molecule has 2 aliphatic rings. The predicted molar refractivity (Wildman–Crippen MR) is 114 cm³/mol. The van der Waals surface area contributed by atoms with Crippen molar-refractivity contribution in [2.75, 3.05) is 20.8 Å². The largest absolute Gasteiger partial charge is 0.494 e. The SMILES string of the molecule is CCOc1ccc2c(c1)C1C(CCC(O)C1OC)N=C2c1ccc(C(=O)OC)cc1. The Morgan fingerprint density at radius 2 is 1.90 bits per heavy atom. The third kappa shape index (κ3) is 3.61. The predicted octanol–water partition coefficient (Wildman–Crippen LogP) is 3.34. The molecule has 2 aromatic rings. The first-order chi connectivity index (χ1) is 14.6. The molecular formula is C24H27NO5. The van der Waals surface area contributed by atoms with Crippen molar-refractivity contribution in [2.45, 2.75) is 43.9 Å². The molecule has 6 nitrogen and oxygen atoms in total. The van der Waals surface area contributed by atoms with E-state index in [1.807, 2.05) is 31.2 Å². The number of esters is 1. The second-order valence-corrected chi connectivity index (χ2v) is 7.67. The Morgan fingerprint density at radius 3 is 2.57 bits per heavy atom. The number of nitrogens with zero attached hydrogens (tertiary/aromatic N) is 1. The van der Waals surface area contributed by atoms with Gasteiger partial charge in [-0.1, -0.05) is 12.1 Å². The molecule has 1 N–H and O–H groups in total.